The molecule has 0 saturated carbocycles. The molecule has 0 radical (unpaired) electrons. The highest BCUT2D eigenvalue weighted by Crippen LogP contribution is 2.13. The Morgan fingerprint density at radius 2 is 2.06 bits per heavy atom. The summed E-state index contributed by atoms with van der Waals surface area (Å²) in [5.74, 6) is -1.01. The minimum absolute atomic E-state index is 0.0840. The molecule has 2 atom stereocenters. The Hall–Kier alpha value is -1.18. The molecule has 2 aliphatic rings. The van der Waals surface area contributed by atoms with Crippen LogP contribution in [0.4, 0.5) is 0 Å². The SMILES string of the molecule is O=C(O)CC1COCCN1C(=O)C1COCCN1. The van der Waals surface area contributed by atoms with Gasteiger partial charge in [0.25, 0.3) is 0 Å². The van der Waals surface area contributed by atoms with Crippen molar-refractivity contribution in [1.29, 1.82) is 0 Å². The maximum atomic E-state index is 12.3. The molecule has 0 spiro atoms. The van der Waals surface area contributed by atoms with Gasteiger partial charge in [0.2, 0.25) is 5.91 Å². The van der Waals surface area contributed by atoms with Crippen molar-refractivity contribution in [3.63, 3.8) is 0 Å². The molecule has 102 valence electrons. The number of rotatable bonds is 3. The summed E-state index contributed by atoms with van der Waals surface area (Å²) in [7, 11) is 0. The molecule has 2 aliphatic heterocycles. The van der Waals surface area contributed by atoms with E-state index in [-0.39, 0.29) is 31.0 Å². The van der Waals surface area contributed by atoms with Crippen molar-refractivity contribution in [3.05, 3.63) is 0 Å². The molecule has 2 rings (SSSR count). The molecule has 2 unspecified atom stereocenters. The van der Waals surface area contributed by atoms with Gasteiger partial charge in [0.05, 0.1) is 38.9 Å². The number of carbonyl (C=O) groups excluding carboxylic acids is 1. The zero-order valence-corrected chi connectivity index (χ0v) is 10.1. The van der Waals surface area contributed by atoms with E-state index < -0.39 is 5.97 Å². The molecule has 0 bridgehead atoms. The topological polar surface area (TPSA) is 88.1 Å². The fourth-order valence-electron chi connectivity index (χ4n) is 2.24. The van der Waals surface area contributed by atoms with Crippen molar-refractivity contribution in [3.8, 4) is 0 Å². The van der Waals surface area contributed by atoms with E-state index in [0.29, 0.717) is 32.9 Å². The number of nitrogens with zero attached hydrogens (tertiary/aromatic N) is 1. The van der Waals surface area contributed by atoms with Crippen LogP contribution in [0, 0.1) is 0 Å². The number of nitrogens with one attached hydrogen (secondary N) is 1. The normalized spacial score (nSPS) is 29.0. The van der Waals surface area contributed by atoms with Gasteiger partial charge in [0, 0.05) is 13.1 Å². The van der Waals surface area contributed by atoms with Crippen LogP contribution < -0.4 is 5.32 Å². The van der Waals surface area contributed by atoms with E-state index in [2.05, 4.69) is 5.32 Å². The number of aliphatic carboxylic acids is 1. The number of hydrogen-bond acceptors (Lipinski definition) is 5. The Morgan fingerprint density at radius 1 is 1.28 bits per heavy atom. The Balaban J connectivity index is 1.98. The fraction of sp³-hybridized carbons (Fsp3) is 0.818. The first-order valence-corrected chi connectivity index (χ1v) is 6.09. The van der Waals surface area contributed by atoms with Gasteiger partial charge in [-0.05, 0) is 0 Å². The third kappa shape index (κ3) is 3.18. The van der Waals surface area contributed by atoms with Gasteiger partial charge in [-0.3, -0.25) is 9.59 Å². The number of ether oxygens (including phenoxy) is 2. The smallest absolute Gasteiger partial charge is 0.305 e. The van der Waals surface area contributed by atoms with Crippen LogP contribution in [0.5, 0.6) is 0 Å². The Bertz CT molecular complexity index is 317. The van der Waals surface area contributed by atoms with Crippen LogP contribution in [0.2, 0.25) is 0 Å². The lowest BCUT2D eigenvalue weighted by molar-refractivity contribution is -0.149. The maximum Gasteiger partial charge on any atom is 0.305 e. The van der Waals surface area contributed by atoms with Crippen LogP contribution in [0.1, 0.15) is 6.42 Å². The Morgan fingerprint density at radius 3 is 2.72 bits per heavy atom. The third-order valence-corrected chi connectivity index (χ3v) is 3.14. The first-order valence-electron chi connectivity index (χ1n) is 6.09. The van der Waals surface area contributed by atoms with Crippen molar-refractivity contribution in [2.24, 2.45) is 0 Å². The van der Waals surface area contributed by atoms with E-state index >= 15 is 0 Å². The molecule has 1 amide bonds. The summed E-state index contributed by atoms with van der Waals surface area (Å²) >= 11 is 0. The minimum atomic E-state index is -0.920. The molecule has 18 heavy (non-hydrogen) atoms. The summed E-state index contributed by atoms with van der Waals surface area (Å²) in [5.41, 5.74) is 0. The predicted molar refractivity (Wildman–Crippen MR) is 61.2 cm³/mol. The number of amides is 1. The average molecular weight is 258 g/mol. The minimum Gasteiger partial charge on any atom is -0.481 e. The quantitative estimate of drug-likeness (QED) is 0.652. The summed E-state index contributed by atoms with van der Waals surface area (Å²) < 4.78 is 10.5. The van der Waals surface area contributed by atoms with Crippen molar-refractivity contribution in [2.75, 3.05) is 39.5 Å². The Labute approximate surface area is 105 Å². The highest BCUT2D eigenvalue weighted by molar-refractivity contribution is 5.83. The van der Waals surface area contributed by atoms with Gasteiger partial charge in [-0.25, -0.2) is 0 Å². The second-order valence-electron chi connectivity index (χ2n) is 4.44. The van der Waals surface area contributed by atoms with Gasteiger partial charge in [0.15, 0.2) is 0 Å². The lowest BCUT2D eigenvalue weighted by atomic mass is 10.1. The molecule has 7 nitrogen and oxygen atoms in total. The summed E-state index contributed by atoms with van der Waals surface area (Å²) in [6.45, 7) is 2.77. The second-order valence-corrected chi connectivity index (χ2v) is 4.44. The number of morpholine rings is 2. The molecule has 0 aliphatic carbocycles. The maximum absolute atomic E-state index is 12.3. The zero-order chi connectivity index (χ0) is 13.0. The molecule has 0 aromatic heterocycles. The zero-order valence-electron chi connectivity index (χ0n) is 10.1. The number of carboxylic acid groups (broad SMARTS) is 1. The average Bonchev–Trinajstić information content (AvgIpc) is 2.39. The summed E-state index contributed by atoms with van der Waals surface area (Å²) in [6.07, 6.45) is -0.0840. The van der Waals surface area contributed by atoms with Crippen LogP contribution in [0.15, 0.2) is 0 Å². The molecule has 2 saturated heterocycles. The summed E-state index contributed by atoms with van der Waals surface area (Å²) in [5, 5.41) is 11.9. The van der Waals surface area contributed by atoms with Gasteiger partial charge in [0.1, 0.15) is 6.04 Å². The van der Waals surface area contributed by atoms with E-state index in [1.165, 1.54) is 0 Å². The molecule has 0 aromatic carbocycles. The van der Waals surface area contributed by atoms with Crippen molar-refractivity contribution in [1.82, 2.24) is 10.2 Å². The van der Waals surface area contributed by atoms with Crippen molar-refractivity contribution >= 4 is 11.9 Å². The highest BCUT2D eigenvalue weighted by Gasteiger charge is 2.33. The first-order chi connectivity index (χ1) is 8.68. The molecular formula is C11H18N2O5. The molecular weight excluding hydrogens is 240 g/mol. The van der Waals surface area contributed by atoms with E-state index in [1.54, 1.807) is 4.90 Å². The van der Waals surface area contributed by atoms with Crippen molar-refractivity contribution < 1.29 is 24.2 Å². The summed E-state index contributed by atoms with van der Waals surface area (Å²) in [6, 6.07) is -0.749. The molecule has 2 heterocycles. The van der Waals surface area contributed by atoms with Crippen LogP contribution in [-0.2, 0) is 19.1 Å². The number of hydrogen-bond donors (Lipinski definition) is 2. The molecule has 7 heteroatoms. The molecule has 2 fully saturated rings. The lowest BCUT2D eigenvalue weighted by Crippen LogP contribution is -2.58. The predicted octanol–water partition coefficient (Wildman–Crippen LogP) is -1.32. The number of carboxylic acids is 1. The van der Waals surface area contributed by atoms with Crippen LogP contribution >= 0.6 is 0 Å². The largest absolute Gasteiger partial charge is 0.481 e. The molecule has 0 aromatic rings. The third-order valence-electron chi connectivity index (χ3n) is 3.14. The van der Waals surface area contributed by atoms with Crippen LogP contribution in [-0.4, -0.2) is 73.5 Å². The van der Waals surface area contributed by atoms with E-state index in [0.717, 1.165) is 0 Å². The fourth-order valence-corrected chi connectivity index (χ4v) is 2.24. The van der Waals surface area contributed by atoms with E-state index in [4.69, 9.17) is 14.6 Å². The second kappa shape index (κ2) is 6.12. The lowest BCUT2D eigenvalue weighted by Gasteiger charge is -2.37. The molecule has 2 N–H and O–H groups in total. The van der Waals surface area contributed by atoms with Gasteiger partial charge in [-0.2, -0.15) is 0 Å². The monoisotopic (exact) mass is 258 g/mol. The van der Waals surface area contributed by atoms with Crippen LogP contribution in [0.3, 0.4) is 0 Å². The van der Waals surface area contributed by atoms with Gasteiger partial charge < -0.3 is 24.8 Å². The van der Waals surface area contributed by atoms with Crippen LogP contribution in [0.25, 0.3) is 0 Å². The number of carbonyl (C=O) groups is 2. The van der Waals surface area contributed by atoms with E-state index in [1.807, 2.05) is 0 Å². The summed E-state index contributed by atoms with van der Waals surface area (Å²) in [4.78, 5) is 24.7. The van der Waals surface area contributed by atoms with Gasteiger partial charge in [-0.1, -0.05) is 0 Å². The highest BCUT2D eigenvalue weighted by atomic mass is 16.5. The Kier molecular flexibility index (Phi) is 4.51. The van der Waals surface area contributed by atoms with Gasteiger partial charge >= 0.3 is 5.97 Å². The van der Waals surface area contributed by atoms with E-state index in [9.17, 15) is 9.59 Å². The first kappa shape index (κ1) is 13.3. The van der Waals surface area contributed by atoms with Gasteiger partial charge in [-0.15, -0.1) is 0 Å². The standard InChI is InChI=1S/C11H18N2O5/c14-10(15)5-8-6-18-4-2-13(8)11(16)9-7-17-3-1-12-9/h8-9,12H,1-7H2,(H,14,15). The van der Waals surface area contributed by atoms with Crippen molar-refractivity contribution in [2.45, 2.75) is 18.5 Å².